The van der Waals surface area contributed by atoms with E-state index in [2.05, 4.69) is 101 Å². The Morgan fingerprint density at radius 3 is 1.20 bits per heavy atom. The molecule has 47 nitrogen and oxygen atoms in total. The number of imidazole rings is 1. The van der Waals surface area contributed by atoms with Crippen molar-refractivity contribution in [2.45, 2.75) is 228 Å². The monoisotopic (exact) mass is 2070 g/mol. The number of carbonyl (C=O) groups excluding carboxylic acids is 16. The topological polar surface area (TPSA) is 770 Å². The van der Waals surface area contributed by atoms with E-state index in [-0.39, 0.29) is 126 Å². The van der Waals surface area contributed by atoms with E-state index in [0.29, 0.717) is 39.9 Å². The first-order valence-electron chi connectivity index (χ1n) is 47.7. The highest BCUT2D eigenvalue weighted by Gasteiger charge is 2.42. The van der Waals surface area contributed by atoms with Crippen LogP contribution in [-0.2, 0) is 122 Å². The fraction of sp³-hybridized carbons (Fsp3) is 0.464. The third kappa shape index (κ3) is 40.9. The van der Waals surface area contributed by atoms with Gasteiger partial charge in [0.05, 0.1) is 24.7 Å². The number of aryl methyl sites for hydroxylation is 1. The molecule has 16 amide bonds. The maximum atomic E-state index is 15.6. The number of benzene rings is 5. The fourth-order valence-electron chi connectivity index (χ4n) is 15.3. The number of aromatic hydroxyl groups is 2. The minimum absolute atomic E-state index is 0.0146. The van der Waals surface area contributed by atoms with Gasteiger partial charge < -0.3 is 144 Å². The van der Waals surface area contributed by atoms with E-state index in [4.69, 9.17) is 56.5 Å². The Balaban J connectivity index is 1.38. The van der Waals surface area contributed by atoms with Crippen LogP contribution in [-0.4, -0.2) is 272 Å². The van der Waals surface area contributed by atoms with Crippen molar-refractivity contribution in [3.05, 3.63) is 185 Å². The zero-order valence-corrected chi connectivity index (χ0v) is 83.8. The molecule has 7 rings (SSSR count). The normalized spacial score (nSPS) is 22.2. The molecule has 1 saturated heterocycles. The van der Waals surface area contributed by atoms with Crippen LogP contribution in [0.2, 0.25) is 5.02 Å². The number of thioether (sulfide) groups is 1. The molecule has 0 unspecified atom stereocenters. The number of aromatic nitrogens is 2. The summed E-state index contributed by atoms with van der Waals surface area (Å²) in [6, 6.07) is 12.0. The Morgan fingerprint density at radius 1 is 0.452 bits per heavy atom. The van der Waals surface area contributed by atoms with Crippen molar-refractivity contribution in [2.24, 2.45) is 41.6 Å². The van der Waals surface area contributed by atoms with Gasteiger partial charge in [-0.2, -0.15) is 0 Å². The quantitative estimate of drug-likeness (QED) is 0.0104. The lowest BCUT2D eigenvalue weighted by Crippen LogP contribution is -2.64. The number of hydrogen-bond donors (Lipinski definition) is 29. The minimum atomic E-state index is -2.04. The number of rotatable bonds is 34. The van der Waals surface area contributed by atoms with Gasteiger partial charge in [-0.3, -0.25) is 92.9 Å². The number of phenolic OH excluding ortho intramolecular Hbond substituents is 2. The fourth-order valence-corrected chi connectivity index (χ4v) is 16.3. The number of amides is 16. The number of nitrogens with two attached hydrogens (primary N) is 5. The number of guanidine groups is 3. The zero-order chi connectivity index (χ0) is 107. The summed E-state index contributed by atoms with van der Waals surface area (Å²) < 4.78 is 1.53. The summed E-state index contributed by atoms with van der Waals surface area (Å²) in [6.07, 6.45) is -1.25. The second-order valence-corrected chi connectivity index (χ2v) is 37.5. The number of nitrogens with one attached hydrogen (secondary N) is 21. The van der Waals surface area contributed by atoms with Crippen LogP contribution in [0.1, 0.15) is 132 Å². The van der Waals surface area contributed by atoms with Crippen LogP contribution in [0.5, 0.6) is 11.5 Å². The lowest BCUT2D eigenvalue weighted by atomic mass is 9.96. The highest BCUT2D eigenvalue weighted by Crippen LogP contribution is 2.21. The van der Waals surface area contributed by atoms with E-state index in [1.165, 1.54) is 104 Å². The smallest absolute Gasteiger partial charge is 0.245 e. The Kier molecular flexibility index (Phi) is 48.2. The number of hydrogen-bond acceptors (Lipinski definition) is 25. The van der Waals surface area contributed by atoms with Gasteiger partial charge >= 0.3 is 0 Å². The Hall–Kier alpha value is -15.2. The number of phenols is 2. The Morgan fingerprint density at radius 2 is 0.801 bits per heavy atom. The number of aliphatic hydroxyl groups excluding tert-OH is 1. The molecule has 1 aliphatic rings. The average Bonchev–Trinajstić information content (AvgIpc) is 1.06. The van der Waals surface area contributed by atoms with Crippen LogP contribution >= 0.6 is 23.4 Å². The largest absolute Gasteiger partial charge is 0.508 e. The predicted molar refractivity (Wildman–Crippen MR) is 544 cm³/mol. The zero-order valence-electron chi connectivity index (χ0n) is 82.2. The van der Waals surface area contributed by atoms with Crippen molar-refractivity contribution < 1.29 is 92.0 Å². The molecule has 15 atom stereocenters. The summed E-state index contributed by atoms with van der Waals surface area (Å²) in [5.41, 5.74) is 28.7. The van der Waals surface area contributed by atoms with Gasteiger partial charge in [0.1, 0.15) is 95.6 Å². The van der Waals surface area contributed by atoms with E-state index < -0.39 is 239 Å². The van der Waals surface area contributed by atoms with Crippen molar-refractivity contribution in [1.82, 2.24) is 105 Å². The van der Waals surface area contributed by atoms with E-state index in [1.54, 1.807) is 81.6 Å². The molecule has 0 aliphatic carbocycles. The Labute approximate surface area is 854 Å². The molecule has 6 aromatic rings. The van der Waals surface area contributed by atoms with Gasteiger partial charge in [0.15, 0.2) is 17.9 Å². The molecule has 1 aliphatic heterocycles. The molecule has 0 bridgehead atoms. The van der Waals surface area contributed by atoms with Crippen molar-refractivity contribution in [3.8, 4) is 11.5 Å². The molecule has 1 fully saturated rings. The Bertz CT molecular complexity index is 5440. The van der Waals surface area contributed by atoms with Crippen LogP contribution in [0.25, 0.3) is 0 Å². The van der Waals surface area contributed by atoms with Crippen LogP contribution < -0.4 is 124 Å². The van der Waals surface area contributed by atoms with Crippen molar-refractivity contribution in [1.29, 1.82) is 16.2 Å². The molecule has 792 valence electrons. The molecular formula is C97H137ClN28O19S. The summed E-state index contributed by atoms with van der Waals surface area (Å²) in [6.45, 7) is 6.23. The number of carbonyl (C=O) groups is 16. The van der Waals surface area contributed by atoms with E-state index in [1.807, 2.05) is 0 Å². The maximum Gasteiger partial charge on any atom is 0.245 e. The van der Waals surface area contributed by atoms with Crippen LogP contribution in [0.4, 0.5) is 0 Å². The van der Waals surface area contributed by atoms with Crippen LogP contribution in [0.3, 0.4) is 0 Å². The highest BCUT2D eigenvalue weighted by molar-refractivity contribution is 8.00. The van der Waals surface area contributed by atoms with Gasteiger partial charge in [-0.05, 0) is 155 Å². The number of nitrogens with zero attached hydrogens (tertiary/aromatic N) is 2. The van der Waals surface area contributed by atoms with Gasteiger partial charge in [0.2, 0.25) is 94.5 Å². The second-order valence-electron chi connectivity index (χ2n) is 36.0. The molecule has 1 aromatic heterocycles. The van der Waals surface area contributed by atoms with Gasteiger partial charge in [-0.15, -0.1) is 11.8 Å². The molecule has 0 radical (unpaired) electrons. The van der Waals surface area contributed by atoms with E-state index in [0.717, 1.165) is 18.7 Å². The first kappa shape index (κ1) is 118. The van der Waals surface area contributed by atoms with E-state index >= 15 is 57.5 Å². The third-order valence-electron chi connectivity index (χ3n) is 23.7. The van der Waals surface area contributed by atoms with Crippen molar-refractivity contribution >= 4 is 136 Å². The number of halogens is 1. The molecule has 34 N–H and O–H groups in total. The molecule has 0 saturated carbocycles. The first-order chi connectivity index (χ1) is 69.4. The second kappa shape index (κ2) is 59.8. The van der Waals surface area contributed by atoms with Crippen LogP contribution in [0, 0.1) is 22.1 Å². The predicted octanol–water partition coefficient (Wildman–Crippen LogP) is -3.87. The standard InChI is InChI=1S/C97H137ClN28O19S/c1-7-54(2)78-91(143)116-67(25-17-41-109-95(103)104)82(134)113-65(23-14-15-39-99)81(133)115-68(26-18-42-110-96(105)106)90(142)125-97(4,5)93(145)122-73(44-57-21-12-9-13-22-57)88(140)114-66(24-16-40-108-94(101)102)83(135)117-70(46-59-29-35-63(128)36-30-59)85(137)118-71(45-58-27-33-61(98)34-28-58)86(138)119-72(47-60-31-37-64(129)38-32-60)87(139)121-75(80(132)111-50-76(100)130)51-146-52-77(131)112-69(43-56-19-10-8-11-20-56)84(136)120-74(48-62-49-107-53-126(62)6)89(141)124-79(55(3)127)92(144)123-78/h8-13,19-22,27-38,49,53-55,65-75,78-79,127-129H,7,14-18,23-26,39-48,50-52,99H2,1-6H3,(H2,100,130)(H,111,132)(H,112,131)(H,113,134)(H,114,140)(H,115,133)(H,116,143)(H,117,135)(H,118,137)(H,119,138)(H,120,136)(H,121,139)(H,122,145)(H,123,144)(H,124,141)(H,125,142)(H4,101,102,108)(H4,103,104,109)(H4,105,106,110)/t54-,55+,65-,66-,67-,68-,69-,70-,71-,72-,73-,74-,75-,78-,79-/m0/s1. The molecule has 49 heteroatoms. The summed E-state index contributed by atoms with van der Waals surface area (Å²) in [5, 5.41) is 104. The van der Waals surface area contributed by atoms with E-state index in [9.17, 15) is 34.5 Å². The first-order valence-corrected chi connectivity index (χ1v) is 49.3. The molecule has 146 heavy (non-hydrogen) atoms. The molecular weight excluding hydrogens is 1930 g/mol. The van der Waals surface area contributed by atoms with Crippen molar-refractivity contribution in [2.75, 3.05) is 44.2 Å². The molecule has 0 spiro atoms. The van der Waals surface area contributed by atoms with Gasteiger partial charge in [-0.25, -0.2) is 4.98 Å². The lowest BCUT2D eigenvalue weighted by molar-refractivity contribution is -0.138. The SMILES string of the molecule is CC[C@H](C)[C@@H]1NC(=O)[C@H]([C@@H](C)O)NC(=O)[C@H](Cc2cncn2C)NC(=O)[C@H](Cc2ccccc2)NC(=O)CSC[C@@H](C(=O)NCC(N)=O)NC(=O)[C@H](Cc2ccc(O)cc2)NC(=O)[C@H](Cc2ccc(Cl)cc2)NC(=O)[C@H](Cc2ccc(O)cc2)NC(=O)[C@H](CCCNC(=N)N)NC(=O)[C@H](Cc2ccccc2)NC(=O)C(C)(C)NC(=O)[C@H](CCCNC(=N)N)NC(=O)[C@H](CCCCN)NC(=O)[C@H](CCCNC(=N)N)NC1=O. The van der Waals surface area contributed by atoms with Gasteiger partial charge in [0, 0.05) is 87.9 Å². The summed E-state index contributed by atoms with van der Waals surface area (Å²) >= 11 is 7.11. The molecule has 2 heterocycles. The average molecular weight is 2070 g/mol. The van der Waals surface area contributed by atoms with Gasteiger partial charge in [0.25, 0.3) is 0 Å². The van der Waals surface area contributed by atoms with Gasteiger partial charge in [-0.1, -0.05) is 129 Å². The third-order valence-corrected chi connectivity index (χ3v) is 25.0. The van der Waals surface area contributed by atoms with Crippen molar-refractivity contribution in [3.63, 3.8) is 0 Å². The summed E-state index contributed by atoms with van der Waals surface area (Å²) in [7, 11) is 1.59. The maximum absolute atomic E-state index is 15.6. The highest BCUT2D eigenvalue weighted by atomic mass is 35.5. The lowest BCUT2D eigenvalue weighted by Gasteiger charge is -2.31. The molecule has 5 aromatic carbocycles. The van der Waals surface area contributed by atoms with Crippen LogP contribution in [0.15, 0.2) is 146 Å². The number of unbranched alkanes of at least 4 members (excludes halogenated alkanes) is 1. The number of primary amides is 1. The summed E-state index contributed by atoms with van der Waals surface area (Å²) in [4.78, 5) is 243. The summed E-state index contributed by atoms with van der Waals surface area (Å²) in [5.74, 6) is -19.9. The minimum Gasteiger partial charge on any atom is -0.508 e. The number of aliphatic hydroxyl groups is 1.